The van der Waals surface area contributed by atoms with Gasteiger partial charge >= 0.3 is 12.1 Å². The molecule has 3 atom stereocenters. The second-order valence-corrected chi connectivity index (χ2v) is 10.6. The summed E-state index contributed by atoms with van der Waals surface area (Å²) in [7, 11) is 1.23. The minimum Gasteiger partial charge on any atom is -0.488 e. The van der Waals surface area contributed by atoms with Crippen LogP contribution < -0.4 is 20.7 Å². The van der Waals surface area contributed by atoms with Crippen molar-refractivity contribution in [3.63, 3.8) is 0 Å². The number of carbonyl (C=O) groups excluding carboxylic acids is 4. The molecule has 0 spiro atoms. The van der Waals surface area contributed by atoms with Gasteiger partial charge in [-0.3, -0.25) is 14.6 Å². The largest absolute Gasteiger partial charge is 0.488 e. The van der Waals surface area contributed by atoms with Gasteiger partial charge in [-0.05, 0) is 57.2 Å². The SMILES string of the molecule is COC(=O)[C@@H]1C/C=C\N=CCOc2ccc(cc2)C[C@H](NC(=O)OC(C)(C)C)C(=O)N[C@@H](CC(C)C)C(=O)N1. The van der Waals surface area contributed by atoms with E-state index in [0.717, 1.165) is 5.56 Å². The Hall–Kier alpha value is -3.89. The number of hydrogen-bond donors (Lipinski definition) is 3. The molecule has 2 aliphatic heterocycles. The van der Waals surface area contributed by atoms with Crippen molar-refractivity contribution in [3.05, 3.63) is 42.1 Å². The molecule has 39 heavy (non-hydrogen) atoms. The van der Waals surface area contributed by atoms with Crippen molar-refractivity contribution in [1.29, 1.82) is 0 Å². The maximum absolute atomic E-state index is 13.5. The number of ether oxygens (including phenoxy) is 3. The van der Waals surface area contributed by atoms with Gasteiger partial charge in [0.15, 0.2) is 0 Å². The smallest absolute Gasteiger partial charge is 0.408 e. The topological polar surface area (TPSA) is 144 Å². The first-order valence-electron chi connectivity index (χ1n) is 12.9. The van der Waals surface area contributed by atoms with Crippen LogP contribution >= 0.6 is 0 Å². The molecule has 2 bridgehead atoms. The third-order valence-electron chi connectivity index (χ3n) is 5.51. The fourth-order valence-electron chi connectivity index (χ4n) is 3.72. The van der Waals surface area contributed by atoms with E-state index < -0.39 is 47.6 Å². The second-order valence-electron chi connectivity index (χ2n) is 10.6. The summed E-state index contributed by atoms with van der Waals surface area (Å²) < 4.78 is 15.9. The highest BCUT2D eigenvalue weighted by Crippen LogP contribution is 2.15. The number of alkyl carbamates (subject to hydrolysis) is 1. The van der Waals surface area contributed by atoms with Gasteiger partial charge < -0.3 is 30.2 Å². The van der Waals surface area contributed by atoms with Gasteiger partial charge in [-0.25, -0.2) is 9.59 Å². The molecular formula is C28H40N4O7. The number of carbonyl (C=O) groups is 4. The van der Waals surface area contributed by atoms with Crippen molar-refractivity contribution < 1.29 is 33.4 Å². The molecule has 0 aliphatic carbocycles. The number of amides is 3. The van der Waals surface area contributed by atoms with Gasteiger partial charge in [-0.1, -0.05) is 32.1 Å². The van der Waals surface area contributed by atoms with Gasteiger partial charge in [0, 0.05) is 18.8 Å². The van der Waals surface area contributed by atoms with Crippen LogP contribution in [0.3, 0.4) is 0 Å². The zero-order valence-electron chi connectivity index (χ0n) is 23.5. The van der Waals surface area contributed by atoms with Crippen LogP contribution in [-0.4, -0.2) is 67.5 Å². The molecule has 0 saturated carbocycles. The number of fused-ring (bicyclic) bond motifs is 14. The Kier molecular flexibility index (Phi) is 12.0. The summed E-state index contributed by atoms with van der Waals surface area (Å²) in [4.78, 5) is 55.8. The standard InChI is InChI=1S/C28H40N4O7/c1-18(2)16-22-24(33)30-21(26(35)37-6)8-7-13-29-14-15-38-20-11-9-19(10-12-20)17-23(25(34)31-22)32-27(36)39-28(3,4)5/h7,9-14,18,21-23H,8,15-17H2,1-6H3,(H,30,33)(H,31,34)(H,32,36)/b13-7-,29-14?/t21-,22-,23-/m0/s1. The Labute approximate surface area is 229 Å². The quantitative estimate of drug-likeness (QED) is 0.494. The molecule has 0 fully saturated rings. The van der Waals surface area contributed by atoms with Gasteiger partial charge in [0.25, 0.3) is 0 Å². The van der Waals surface area contributed by atoms with Crippen LogP contribution in [0.5, 0.6) is 5.75 Å². The molecule has 2 aliphatic rings. The maximum Gasteiger partial charge on any atom is 0.408 e. The van der Waals surface area contributed by atoms with Crippen molar-refractivity contribution in [1.82, 2.24) is 16.0 Å². The molecule has 0 aromatic heterocycles. The average Bonchev–Trinajstić information content (AvgIpc) is 2.85. The lowest BCUT2D eigenvalue weighted by Gasteiger charge is -2.27. The summed E-state index contributed by atoms with van der Waals surface area (Å²) in [6, 6.07) is 4.10. The van der Waals surface area contributed by atoms with Gasteiger partial charge in [-0.2, -0.15) is 0 Å². The molecule has 2 heterocycles. The summed E-state index contributed by atoms with van der Waals surface area (Å²) in [6.45, 7) is 9.19. The molecule has 11 nitrogen and oxygen atoms in total. The number of methoxy groups -OCH3 is 1. The fourth-order valence-corrected chi connectivity index (χ4v) is 3.72. The summed E-state index contributed by atoms with van der Waals surface area (Å²) in [5.74, 6) is -1.10. The first kappa shape index (κ1) is 31.3. The summed E-state index contributed by atoms with van der Waals surface area (Å²) in [5.41, 5.74) is -0.0159. The molecule has 0 unspecified atom stereocenters. The Morgan fingerprint density at radius 3 is 2.44 bits per heavy atom. The Balaban J connectivity index is 2.40. The number of nitrogens with one attached hydrogen (secondary N) is 3. The Morgan fingerprint density at radius 1 is 1.13 bits per heavy atom. The molecular weight excluding hydrogens is 504 g/mol. The van der Waals surface area contributed by atoms with Crippen LogP contribution in [0.4, 0.5) is 4.79 Å². The van der Waals surface area contributed by atoms with E-state index in [1.165, 1.54) is 13.3 Å². The van der Waals surface area contributed by atoms with Gasteiger partial charge in [0.2, 0.25) is 11.8 Å². The lowest BCUT2D eigenvalue weighted by Crippen LogP contribution is -2.56. The van der Waals surface area contributed by atoms with E-state index >= 15 is 0 Å². The molecule has 11 heteroatoms. The number of hydrogen-bond acceptors (Lipinski definition) is 8. The van der Waals surface area contributed by atoms with Crippen molar-refractivity contribution in [2.24, 2.45) is 10.9 Å². The molecule has 0 saturated heterocycles. The van der Waals surface area contributed by atoms with Crippen LogP contribution in [0.2, 0.25) is 0 Å². The van der Waals surface area contributed by atoms with Crippen molar-refractivity contribution in [2.75, 3.05) is 13.7 Å². The summed E-state index contributed by atoms with van der Waals surface area (Å²) in [6.07, 6.45) is 4.49. The highest BCUT2D eigenvalue weighted by Gasteiger charge is 2.31. The maximum atomic E-state index is 13.5. The minimum atomic E-state index is -1.04. The predicted molar refractivity (Wildman–Crippen MR) is 146 cm³/mol. The van der Waals surface area contributed by atoms with Crippen LogP contribution in [0.25, 0.3) is 0 Å². The van der Waals surface area contributed by atoms with E-state index in [1.807, 2.05) is 13.8 Å². The highest BCUT2D eigenvalue weighted by molar-refractivity contribution is 5.93. The van der Waals surface area contributed by atoms with E-state index in [-0.39, 0.29) is 25.4 Å². The van der Waals surface area contributed by atoms with E-state index in [1.54, 1.807) is 57.3 Å². The third kappa shape index (κ3) is 11.6. The zero-order valence-corrected chi connectivity index (χ0v) is 23.5. The van der Waals surface area contributed by atoms with Crippen molar-refractivity contribution in [3.8, 4) is 5.75 Å². The van der Waals surface area contributed by atoms with E-state index in [2.05, 4.69) is 20.9 Å². The zero-order chi connectivity index (χ0) is 29.0. The molecule has 3 N–H and O–H groups in total. The first-order chi connectivity index (χ1) is 18.4. The third-order valence-corrected chi connectivity index (χ3v) is 5.51. The van der Waals surface area contributed by atoms with E-state index in [9.17, 15) is 19.2 Å². The summed E-state index contributed by atoms with van der Waals surface area (Å²) in [5, 5.41) is 8.06. The van der Waals surface area contributed by atoms with Crippen LogP contribution in [0.15, 0.2) is 41.5 Å². The molecule has 3 rings (SSSR count). The lowest BCUT2D eigenvalue weighted by atomic mass is 10.0. The van der Waals surface area contributed by atoms with Crippen molar-refractivity contribution in [2.45, 2.75) is 77.6 Å². The predicted octanol–water partition coefficient (Wildman–Crippen LogP) is 2.68. The molecule has 1 aromatic rings. The fraction of sp³-hybridized carbons (Fsp3) is 0.536. The lowest BCUT2D eigenvalue weighted by molar-refractivity contribution is -0.145. The average molecular weight is 545 g/mol. The van der Waals surface area contributed by atoms with Crippen LogP contribution in [-0.2, 0) is 30.3 Å². The number of esters is 1. The molecule has 214 valence electrons. The number of aliphatic imine (C=N–C) groups is 1. The molecule has 0 radical (unpaired) electrons. The second kappa shape index (κ2) is 14.9. The van der Waals surface area contributed by atoms with Gasteiger partial charge in [-0.15, -0.1) is 0 Å². The summed E-state index contributed by atoms with van der Waals surface area (Å²) >= 11 is 0. The van der Waals surface area contributed by atoms with Crippen LogP contribution in [0.1, 0.15) is 53.0 Å². The van der Waals surface area contributed by atoms with Gasteiger partial charge in [0.1, 0.15) is 36.1 Å². The first-order valence-corrected chi connectivity index (χ1v) is 12.9. The number of rotatable bonds is 4. The number of nitrogens with zero attached hydrogens (tertiary/aromatic N) is 1. The molecule has 3 amide bonds. The minimum absolute atomic E-state index is 0.0401. The molecule has 1 aromatic carbocycles. The van der Waals surface area contributed by atoms with Crippen molar-refractivity contribution >= 4 is 30.1 Å². The van der Waals surface area contributed by atoms with Crippen LogP contribution in [0, 0.1) is 5.92 Å². The highest BCUT2D eigenvalue weighted by atomic mass is 16.6. The van der Waals surface area contributed by atoms with Gasteiger partial charge in [0.05, 0.1) is 7.11 Å². The monoisotopic (exact) mass is 544 g/mol. The Bertz CT molecular complexity index is 1040. The number of benzene rings is 1. The Morgan fingerprint density at radius 2 is 1.82 bits per heavy atom. The van der Waals surface area contributed by atoms with E-state index in [4.69, 9.17) is 14.2 Å². The van der Waals surface area contributed by atoms with E-state index in [0.29, 0.717) is 12.2 Å². The normalized spacial score (nSPS) is 21.9.